The number of amidine groups is 1. The number of benzene rings is 2. The monoisotopic (exact) mass is 479 g/mol. The van der Waals surface area contributed by atoms with Crippen molar-refractivity contribution in [1.29, 1.82) is 0 Å². The molecule has 1 saturated heterocycles. The van der Waals surface area contributed by atoms with Gasteiger partial charge < -0.3 is 9.88 Å². The van der Waals surface area contributed by atoms with E-state index in [9.17, 15) is 4.79 Å². The summed E-state index contributed by atoms with van der Waals surface area (Å²) in [5.74, 6) is -0.115. The maximum absolute atomic E-state index is 12.5. The van der Waals surface area contributed by atoms with E-state index in [1.165, 1.54) is 17.3 Å². The first-order valence-corrected chi connectivity index (χ1v) is 11.4. The number of aryl methyl sites for hydroxylation is 2. The molecule has 0 spiro atoms. The first kappa shape index (κ1) is 20.7. The average Bonchev–Trinajstić information content (AvgIpc) is 3.20. The number of thioether (sulfide) groups is 1. The van der Waals surface area contributed by atoms with E-state index in [4.69, 9.17) is 0 Å². The number of halogens is 1. The van der Waals surface area contributed by atoms with Crippen molar-refractivity contribution >= 4 is 50.5 Å². The van der Waals surface area contributed by atoms with Gasteiger partial charge in [-0.25, -0.2) is 4.99 Å². The maximum atomic E-state index is 12.5. The number of nitrogens with zero attached hydrogens (tertiary/aromatic N) is 2. The van der Waals surface area contributed by atoms with Crippen LogP contribution in [0.15, 0.2) is 69.0 Å². The molecule has 0 radical (unpaired) electrons. The third kappa shape index (κ3) is 4.30. The molecule has 0 atom stereocenters. The molecule has 1 amide bonds. The van der Waals surface area contributed by atoms with Crippen molar-refractivity contribution in [2.75, 3.05) is 0 Å². The molecule has 4 nitrogen and oxygen atoms in total. The predicted molar refractivity (Wildman–Crippen MR) is 130 cm³/mol. The molecule has 0 unspecified atom stereocenters. The van der Waals surface area contributed by atoms with E-state index in [-0.39, 0.29) is 5.91 Å². The molecule has 0 aliphatic carbocycles. The van der Waals surface area contributed by atoms with Gasteiger partial charge in [0.05, 0.1) is 10.6 Å². The number of hydrogen-bond acceptors (Lipinski definition) is 3. The fraction of sp³-hybridized carbons (Fsp3) is 0.167. The van der Waals surface area contributed by atoms with Crippen LogP contribution in [0.25, 0.3) is 11.8 Å². The third-order valence-electron chi connectivity index (χ3n) is 5.05. The molecule has 3 aromatic rings. The van der Waals surface area contributed by atoms with Gasteiger partial charge in [-0.1, -0.05) is 41.1 Å². The molecule has 1 aromatic heterocycles. The van der Waals surface area contributed by atoms with E-state index in [1.807, 2.05) is 30.3 Å². The van der Waals surface area contributed by atoms with Gasteiger partial charge in [-0.3, -0.25) is 4.79 Å². The van der Waals surface area contributed by atoms with Crippen LogP contribution in [-0.2, 0) is 11.2 Å². The van der Waals surface area contributed by atoms with Crippen molar-refractivity contribution in [3.63, 3.8) is 0 Å². The van der Waals surface area contributed by atoms with Crippen LogP contribution in [0.2, 0.25) is 0 Å². The second kappa shape index (κ2) is 8.66. The summed E-state index contributed by atoms with van der Waals surface area (Å²) in [4.78, 5) is 17.7. The Balaban J connectivity index is 1.61. The molecule has 152 valence electrons. The Hall–Kier alpha value is -2.57. The zero-order chi connectivity index (χ0) is 21.3. The highest BCUT2D eigenvalue weighted by molar-refractivity contribution is 9.10. The second-order valence-corrected chi connectivity index (χ2v) is 9.09. The Kier molecular flexibility index (Phi) is 5.97. The van der Waals surface area contributed by atoms with Crippen molar-refractivity contribution in [2.24, 2.45) is 4.99 Å². The van der Waals surface area contributed by atoms with Crippen molar-refractivity contribution in [3.8, 4) is 5.69 Å². The summed E-state index contributed by atoms with van der Waals surface area (Å²) in [5.41, 5.74) is 6.43. The Bertz CT molecular complexity index is 1180. The molecule has 1 aliphatic heterocycles. The van der Waals surface area contributed by atoms with Crippen LogP contribution in [0, 0.1) is 13.8 Å². The molecule has 0 bridgehead atoms. The van der Waals surface area contributed by atoms with Gasteiger partial charge >= 0.3 is 0 Å². The molecule has 2 heterocycles. The number of carbonyl (C=O) groups excluding carboxylic acids is 1. The van der Waals surface area contributed by atoms with Gasteiger partial charge in [-0.15, -0.1) is 0 Å². The Morgan fingerprint density at radius 1 is 1.13 bits per heavy atom. The lowest BCUT2D eigenvalue weighted by Gasteiger charge is -2.10. The minimum absolute atomic E-state index is 0.115. The Morgan fingerprint density at radius 3 is 2.60 bits per heavy atom. The summed E-state index contributed by atoms with van der Waals surface area (Å²) in [5, 5.41) is 3.48. The van der Waals surface area contributed by atoms with Crippen LogP contribution < -0.4 is 5.32 Å². The summed E-state index contributed by atoms with van der Waals surface area (Å²) in [6.45, 7) is 6.27. The van der Waals surface area contributed by atoms with Crippen LogP contribution in [0.5, 0.6) is 0 Å². The lowest BCUT2D eigenvalue weighted by atomic mass is 10.2. The molecule has 30 heavy (non-hydrogen) atoms. The molecule has 0 saturated carbocycles. The number of aromatic nitrogens is 1. The second-order valence-electron chi connectivity index (χ2n) is 7.14. The van der Waals surface area contributed by atoms with Crippen molar-refractivity contribution < 1.29 is 4.79 Å². The smallest absolute Gasteiger partial charge is 0.264 e. The van der Waals surface area contributed by atoms with Gasteiger partial charge in [0, 0.05) is 21.5 Å². The highest BCUT2D eigenvalue weighted by Crippen LogP contribution is 2.31. The molecule has 1 fully saturated rings. The number of aliphatic imine (C=N–C) groups is 1. The van der Waals surface area contributed by atoms with Crippen LogP contribution in [0.3, 0.4) is 0 Å². The van der Waals surface area contributed by atoms with Crippen LogP contribution in [0.4, 0.5) is 5.69 Å². The molecule has 6 heteroatoms. The predicted octanol–water partition coefficient (Wildman–Crippen LogP) is 6.31. The zero-order valence-corrected chi connectivity index (χ0v) is 19.5. The summed E-state index contributed by atoms with van der Waals surface area (Å²) in [6, 6.07) is 18.4. The Morgan fingerprint density at radius 2 is 1.90 bits per heavy atom. The summed E-state index contributed by atoms with van der Waals surface area (Å²) in [7, 11) is 0. The SMILES string of the molecule is CCc1ccc(N=C2NC(=O)/C(=C/c3cc(C)n(-c4cccc(Br)c4)c3C)S2)cc1. The fourth-order valence-electron chi connectivity index (χ4n) is 3.49. The summed E-state index contributed by atoms with van der Waals surface area (Å²) < 4.78 is 3.23. The number of carbonyl (C=O) groups is 1. The van der Waals surface area contributed by atoms with Gasteiger partial charge in [0.1, 0.15) is 0 Å². The quantitative estimate of drug-likeness (QED) is 0.445. The van der Waals surface area contributed by atoms with Gasteiger partial charge in [-0.05, 0) is 85.6 Å². The topological polar surface area (TPSA) is 46.4 Å². The van der Waals surface area contributed by atoms with Gasteiger partial charge in [-0.2, -0.15) is 0 Å². The Labute approximate surface area is 189 Å². The highest BCUT2D eigenvalue weighted by atomic mass is 79.9. The normalized spacial score (nSPS) is 16.5. The van der Waals surface area contributed by atoms with E-state index in [0.717, 1.165) is 39.2 Å². The average molecular weight is 480 g/mol. The van der Waals surface area contributed by atoms with Crippen LogP contribution in [0.1, 0.15) is 29.4 Å². The van der Waals surface area contributed by atoms with Gasteiger partial charge in [0.25, 0.3) is 5.91 Å². The fourth-order valence-corrected chi connectivity index (χ4v) is 4.71. The van der Waals surface area contributed by atoms with Crippen molar-refractivity contribution in [1.82, 2.24) is 9.88 Å². The number of rotatable bonds is 4. The molecule has 1 aliphatic rings. The summed E-state index contributed by atoms with van der Waals surface area (Å²) in [6.07, 6.45) is 2.94. The minimum Gasteiger partial charge on any atom is -0.318 e. The lowest BCUT2D eigenvalue weighted by Crippen LogP contribution is -2.19. The van der Waals surface area contributed by atoms with E-state index in [2.05, 4.69) is 81.9 Å². The van der Waals surface area contributed by atoms with E-state index in [1.54, 1.807) is 0 Å². The number of amides is 1. The van der Waals surface area contributed by atoms with Gasteiger partial charge in [0.2, 0.25) is 0 Å². The molecule has 1 N–H and O–H groups in total. The van der Waals surface area contributed by atoms with E-state index >= 15 is 0 Å². The third-order valence-corrected chi connectivity index (χ3v) is 6.45. The summed E-state index contributed by atoms with van der Waals surface area (Å²) >= 11 is 4.92. The van der Waals surface area contributed by atoms with Crippen LogP contribution in [-0.4, -0.2) is 15.6 Å². The highest BCUT2D eigenvalue weighted by Gasteiger charge is 2.24. The van der Waals surface area contributed by atoms with Crippen molar-refractivity contribution in [3.05, 3.63) is 86.5 Å². The molecular formula is C24H22BrN3OS. The maximum Gasteiger partial charge on any atom is 0.264 e. The number of hydrogen-bond donors (Lipinski definition) is 1. The van der Waals surface area contributed by atoms with Crippen LogP contribution >= 0.6 is 27.7 Å². The standard InChI is InChI=1S/C24H22BrN3OS/c1-4-17-8-10-20(11-9-17)26-24-27-23(29)22(30-24)13-18-12-15(2)28(16(18)3)21-7-5-6-19(25)14-21/h5-14H,4H2,1-3H3,(H,26,27,29)/b22-13-. The first-order valence-electron chi connectivity index (χ1n) is 9.78. The first-order chi connectivity index (χ1) is 14.4. The molecule has 2 aromatic carbocycles. The molecular weight excluding hydrogens is 458 g/mol. The van der Waals surface area contributed by atoms with E-state index in [0.29, 0.717) is 10.1 Å². The largest absolute Gasteiger partial charge is 0.318 e. The minimum atomic E-state index is -0.115. The lowest BCUT2D eigenvalue weighted by molar-refractivity contribution is -0.115. The van der Waals surface area contributed by atoms with Gasteiger partial charge in [0.15, 0.2) is 5.17 Å². The van der Waals surface area contributed by atoms with Crippen molar-refractivity contribution in [2.45, 2.75) is 27.2 Å². The number of nitrogens with one attached hydrogen (secondary N) is 1. The van der Waals surface area contributed by atoms with E-state index < -0.39 is 0 Å². The zero-order valence-electron chi connectivity index (χ0n) is 17.1. The molecule has 4 rings (SSSR count).